The van der Waals surface area contributed by atoms with E-state index in [1.165, 1.54) is 5.56 Å². The fraction of sp³-hybridized carbons (Fsp3) is 0.278. The number of nitrogens with zero attached hydrogens (tertiary/aromatic N) is 1. The third kappa shape index (κ3) is 3.70. The molecule has 2 N–H and O–H groups in total. The number of nitrogens with two attached hydrogens (primary N) is 1. The van der Waals surface area contributed by atoms with E-state index in [4.69, 9.17) is 5.73 Å². The Morgan fingerprint density at radius 3 is 2.35 bits per heavy atom. The number of hydrogen-bond donors (Lipinski definition) is 1. The van der Waals surface area contributed by atoms with Gasteiger partial charge in [0.15, 0.2) is 0 Å². The van der Waals surface area contributed by atoms with E-state index >= 15 is 0 Å². The van der Waals surface area contributed by atoms with Crippen LogP contribution < -0.4 is 5.73 Å². The van der Waals surface area contributed by atoms with E-state index in [2.05, 4.69) is 40.2 Å². The lowest BCUT2D eigenvalue weighted by Crippen LogP contribution is -2.34. The quantitative estimate of drug-likeness (QED) is 0.786. The summed E-state index contributed by atoms with van der Waals surface area (Å²) >= 11 is 3.47. The van der Waals surface area contributed by atoms with E-state index in [-0.39, 0.29) is 23.7 Å². The third-order valence-electron chi connectivity index (χ3n) is 4.39. The Hall–Kier alpha value is -1.52. The van der Waals surface area contributed by atoms with Crippen LogP contribution in [-0.4, -0.2) is 24.4 Å². The van der Waals surface area contributed by atoms with Gasteiger partial charge in [0.05, 0.1) is 5.56 Å². The molecule has 1 fully saturated rings. The van der Waals surface area contributed by atoms with Gasteiger partial charge in [-0.2, -0.15) is 0 Å². The molecule has 0 spiro atoms. The van der Waals surface area contributed by atoms with Crippen LogP contribution in [0.1, 0.15) is 28.8 Å². The minimum atomic E-state index is -0.0125. The number of rotatable bonds is 4. The first-order valence-electron chi connectivity index (χ1n) is 7.38. The average Bonchev–Trinajstić information content (AvgIpc) is 3.28. The highest BCUT2D eigenvalue weighted by molar-refractivity contribution is 9.10. The van der Waals surface area contributed by atoms with Crippen LogP contribution in [0, 0.1) is 0 Å². The van der Waals surface area contributed by atoms with E-state index in [1.807, 2.05) is 19.2 Å². The molecule has 23 heavy (non-hydrogen) atoms. The molecule has 1 amide bonds. The number of likely N-dealkylation sites (N-methyl/N-ethyl adjacent to an activating group) is 1. The van der Waals surface area contributed by atoms with E-state index in [9.17, 15) is 4.79 Å². The zero-order valence-corrected chi connectivity index (χ0v) is 15.4. The Bertz CT molecular complexity index is 698. The minimum Gasteiger partial charge on any atom is -0.398 e. The molecule has 0 bridgehead atoms. The molecule has 3 rings (SSSR count). The molecule has 1 aliphatic carbocycles. The summed E-state index contributed by atoms with van der Waals surface area (Å²) < 4.78 is 1.08. The average molecular weight is 396 g/mol. The molecule has 0 unspecified atom stereocenters. The zero-order valence-electron chi connectivity index (χ0n) is 13.0. The fourth-order valence-electron chi connectivity index (χ4n) is 2.92. The lowest BCUT2D eigenvalue weighted by molar-refractivity contribution is 0.0782. The highest BCUT2D eigenvalue weighted by atomic mass is 79.9. The Morgan fingerprint density at radius 2 is 1.78 bits per heavy atom. The van der Waals surface area contributed by atoms with Crippen LogP contribution in [0.25, 0.3) is 0 Å². The topological polar surface area (TPSA) is 46.3 Å². The number of nitrogen functional groups attached to an aromatic ring is 1. The molecule has 3 nitrogen and oxygen atoms in total. The maximum Gasteiger partial charge on any atom is 0.255 e. The van der Waals surface area contributed by atoms with Gasteiger partial charge in [-0.25, -0.2) is 0 Å². The van der Waals surface area contributed by atoms with Crippen molar-refractivity contribution in [1.82, 2.24) is 4.90 Å². The van der Waals surface area contributed by atoms with Crippen LogP contribution in [0.5, 0.6) is 0 Å². The third-order valence-corrected chi connectivity index (χ3v) is 4.92. The molecular formula is C18H20BrClN2O. The van der Waals surface area contributed by atoms with Gasteiger partial charge < -0.3 is 10.6 Å². The smallest absolute Gasteiger partial charge is 0.255 e. The van der Waals surface area contributed by atoms with Crippen LogP contribution in [0.4, 0.5) is 5.69 Å². The number of carbonyl (C=O) groups is 1. The Labute approximate surface area is 151 Å². The number of carbonyl (C=O) groups excluding carboxylic acids is 1. The molecular weight excluding hydrogens is 376 g/mol. The van der Waals surface area contributed by atoms with Gasteiger partial charge in [-0.1, -0.05) is 40.2 Å². The van der Waals surface area contributed by atoms with Crippen LogP contribution >= 0.6 is 28.3 Å². The highest BCUT2D eigenvalue weighted by Gasteiger charge is 2.45. The van der Waals surface area contributed by atoms with Crippen LogP contribution in [0.3, 0.4) is 0 Å². The maximum absolute atomic E-state index is 12.6. The standard InChI is InChI=1S/C18H19BrN2O.ClH/c1-21(17(22)15-4-2-3-5-16(15)20)12-18(10-11-18)13-6-8-14(19)9-7-13;/h2-9H,10-12,20H2,1H3;1H. The number of anilines is 1. The molecule has 0 saturated heterocycles. The zero-order chi connectivity index (χ0) is 15.7. The number of amides is 1. The number of para-hydroxylation sites is 1. The summed E-state index contributed by atoms with van der Waals surface area (Å²) in [6.45, 7) is 0.724. The van der Waals surface area contributed by atoms with Crippen molar-refractivity contribution in [2.45, 2.75) is 18.3 Å². The second kappa shape index (κ2) is 6.93. The maximum atomic E-state index is 12.6. The van der Waals surface area contributed by atoms with Gasteiger partial charge in [0.2, 0.25) is 0 Å². The predicted octanol–water partition coefficient (Wildman–Crippen LogP) is 4.26. The van der Waals surface area contributed by atoms with Gasteiger partial charge in [0, 0.05) is 29.2 Å². The first-order valence-corrected chi connectivity index (χ1v) is 8.17. The second-order valence-electron chi connectivity index (χ2n) is 6.04. The van der Waals surface area contributed by atoms with Gasteiger partial charge in [-0.05, 0) is 42.7 Å². The highest BCUT2D eigenvalue weighted by Crippen LogP contribution is 2.48. The summed E-state index contributed by atoms with van der Waals surface area (Å²) in [4.78, 5) is 14.4. The monoisotopic (exact) mass is 394 g/mol. The summed E-state index contributed by atoms with van der Waals surface area (Å²) in [5, 5.41) is 0. The molecule has 1 aliphatic rings. The Kier molecular flexibility index (Phi) is 5.37. The van der Waals surface area contributed by atoms with Crippen molar-refractivity contribution in [3.8, 4) is 0 Å². The Morgan fingerprint density at radius 1 is 1.17 bits per heavy atom. The molecule has 122 valence electrons. The van der Waals surface area contributed by atoms with E-state index in [0.29, 0.717) is 11.3 Å². The molecule has 0 aromatic heterocycles. The van der Waals surface area contributed by atoms with Crippen molar-refractivity contribution >= 4 is 39.9 Å². The normalized spacial score (nSPS) is 14.7. The molecule has 2 aromatic carbocycles. The van der Waals surface area contributed by atoms with Crippen LogP contribution in [0.2, 0.25) is 0 Å². The minimum absolute atomic E-state index is 0. The predicted molar refractivity (Wildman–Crippen MR) is 100 cm³/mol. The van der Waals surface area contributed by atoms with Gasteiger partial charge in [0.1, 0.15) is 0 Å². The van der Waals surface area contributed by atoms with Crippen molar-refractivity contribution in [3.05, 3.63) is 64.1 Å². The summed E-state index contributed by atoms with van der Waals surface area (Å²) in [6.07, 6.45) is 2.24. The van der Waals surface area contributed by atoms with Crippen molar-refractivity contribution in [1.29, 1.82) is 0 Å². The van der Waals surface area contributed by atoms with Crippen molar-refractivity contribution in [2.75, 3.05) is 19.3 Å². The van der Waals surface area contributed by atoms with Crippen LogP contribution in [-0.2, 0) is 5.41 Å². The van der Waals surface area contributed by atoms with Gasteiger partial charge in [-0.15, -0.1) is 12.4 Å². The molecule has 5 heteroatoms. The van der Waals surface area contributed by atoms with Crippen molar-refractivity contribution in [2.24, 2.45) is 0 Å². The molecule has 0 heterocycles. The van der Waals surface area contributed by atoms with E-state index < -0.39 is 0 Å². The lowest BCUT2D eigenvalue weighted by atomic mass is 9.95. The number of hydrogen-bond acceptors (Lipinski definition) is 2. The van der Waals surface area contributed by atoms with E-state index in [0.717, 1.165) is 23.9 Å². The summed E-state index contributed by atoms with van der Waals surface area (Å²) in [5.41, 5.74) is 8.44. The van der Waals surface area contributed by atoms with Gasteiger partial charge in [-0.3, -0.25) is 4.79 Å². The Balaban J connectivity index is 0.00000192. The summed E-state index contributed by atoms with van der Waals surface area (Å²) in [7, 11) is 1.85. The van der Waals surface area contributed by atoms with E-state index in [1.54, 1.807) is 17.0 Å². The molecule has 1 saturated carbocycles. The first-order chi connectivity index (χ1) is 10.5. The van der Waals surface area contributed by atoms with Crippen molar-refractivity contribution < 1.29 is 4.79 Å². The van der Waals surface area contributed by atoms with Gasteiger partial charge in [0.25, 0.3) is 5.91 Å². The fourth-order valence-corrected chi connectivity index (χ4v) is 3.18. The number of benzene rings is 2. The molecule has 0 radical (unpaired) electrons. The van der Waals surface area contributed by atoms with Gasteiger partial charge >= 0.3 is 0 Å². The molecule has 0 atom stereocenters. The molecule has 2 aromatic rings. The first kappa shape index (κ1) is 17.8. The SMILES string of the molecule is CN(CC1(c2ccc(Br)cc2)CC1)C(=O)c1ccccc1N.Cl. The number of halogens is 2. The van der Waals surface area contributed by atoms with Crippen molar-refractivity contribution in [3.63, 3.8) is 0 Å². The molecule has 0 aliphatic heterocycles. The summed E-state index contributed by atoms with van der Waals surface area (Å²) in [6, 6.07) is 15.7. The lowest BCUT2D eigenvalue weighted by Gasteiger charge is -2.25. The second-order valence-corrected chi connectivity index (χ2v) is 6.95. The summed E-state index contributed by atoms with van der Waals surface area (Å²) in [5.74, 6) is -0.0125. The largest absolute Gasteiger partial charge is 0.398 e. The van der Waals surface area contributed by atoms with Crippen LogP contribution in [0.15, 0.2) is 53.0 Å².